The molecule has 29 heavy (non-hydrogen) atoms. The topological polar surface area (TPSA) is 55.6 Å². The second-order valence-electron chi connectivity index (χ2n) is 6.91. The fourth-order valence-corrected chi connectivity index (χ4v) is 3.46. The fourth-order valence-electron chi connectivity index (χ4n) is 3.46. The number of ether oxygens (including phenoxy) is 1. The van der Waals surface area contributed by atoms with Crippen molar-refractivity contribution < 1.29 is 22.7 Å². The van der Waals surface area contributed by atoms with E-state index >= 15 is 0 Å². The van der Waals surface area contributed by atoms with E-state index in [-0.39, 0.29) is 12.3 Å². The number of aromatic nitrogens is 1. The van der Waals surface area contributed by atoms with Crippen LogP contribution in [-0.2, 0) is 25.8 Å². The number of nitrogens with zero attached hydrogens (tertiary/aromatic N) is 2. The zero-order chi connectivity index (χ0) is 20.4. The van der Waals surface area contributed by atoms with Gasteiger partial charge >= 0.3 is 0 Å². The molecule has 3 aromatic rings. The van der Waals surface area contributed by atoms with Gasteiger partial charge in [-0.2, -0.15) is 0 Å². The molecule has 1 aliphatic heterocycles. The van der Waals surface area contributed by atoms with Crippen molar-refractivity contribution in [2.45, 2.75) is 25.8 Å². The molecule has 1 amide bonds. The van der Waals surface area contributed by atoms with Crippen LogP contribution >= 0.6 is 0 Å². The van der Waals surface area contributed by atoms with Crippen LogP contribution in [0, 0.1) is 11.6 Å². The Labute approximate surface area is 166 Å². The van der Waals surface area contributed by atoms with Crippen LogP contribution in [0.2, 0.25) is 0 Å². The van der Waals surface area contributed by atoms with E-state index in [4.69, 9.17) is 9.15 Å². The van der Waals surface area contributed by atoms with Crippen molar-refractivity contribution in [1.29, 1.82) is 0 Å². The first-order valence-electron chi connectivity index (χ1n) is 9.39. The van der Waals surface area contributed by atoms with Crippen molar-refractivity contribution >= 4 is 5.91 Å². The van der Waals surface area contributed by atoms with Gasteiger partial charge in [0.05, 0.1) is 13.7 Å². The highest BCUT2D eigenvalue weighted by Gasteiger charge is 2.29. The van der Waals surface area contributed by atoms with Gasteiger partial charge in [0, 0.05) is 31.5 Å². The Morgan fingerprint density at radius 3 is 2.59 bits per heavy atom. The van der Waals surface area contributed by atoms with Crippen LogP contribution in [0.3, 0.4) is 0 Å². The minimum Gasteiger partial charge on any atom is -0.497 e. The molecule has 0 unspecified atom stereocenters. The van der Waals surface area contributed by atoms with Crippen LogP contribution in [-0.4, -0.2) is 29.4 Å². The summed E-state index contributed by atoms with van der Waals surface area (Å²) >= 11 is 0. The number of methoxy groups -OCH3 is 1. The van der Waals surface area contributed by atoms with Crippen molar-refractivity contribution in [3.05, 3.63) is 82.6 Å². The maximum Gasteiger partial charge on any atom is 0.260 e. The maximum atomic E-state index is 14.3. The molecule has 5 nitrogen and oxygen atoms in total. The van der Waals surface area contributed by atoms with Gasteiger partial charge in [0.25, 0.3) is 5.91 Å². The summed E-state index contributed by atoms with van der Waals surface area (Å²) in [5, 5.41) is 0. The molecule has 1 aromatic heterocycles. The van der Waals surface area contributed by atoms with Crippen molar-refractivity contribution in [1.82, 2.24) is 9.88 Å². The van der Waals surface area contributed by atoms with Gasteiger partial charge < -0.3 is 14.1 Å². The SMILES string of the molecule is COc1cc(F)c(C(=O)N2CCc3oc(CCc4ccccc4)nc3C2)c(F)c1. The summed E-state index contributed by atoms with van der Waals surface area (Å²) in [7, 11) is 1.31. The maximum absolute atomic E-state index is 14.3. The van der Waals surface area contributed by atoms with Gasteiger partial charge in [-0.05, 0) is 12.0 Å². The normalized spacial score (nSPS) is 13.3. The van der Waals surface area contributed by atoms with Crippen molar-refractivity contribution in [3.8, 4) is 5.75 Å². The fraction of sp³-hybridized carbons (Fsp3) is 0.273. The molecule has 2 aromatic carbocycles. The molecule has 0 saturated carbocycles. The van der Waals surface area contributed by atoms with Crippen LogP contribution < -0.4 is 4.74 Å². The molecule has 7 heteroatoms. The van der Waals surface area contributed by atoms with Gasteiger partial charge in [0.1, 0.15) is 34.4 Å². The summed E-state index contributed by atoms with van der Waals surface area (Å²) in [5.74, 6) is -1.23. The number of halogens is 2. The molecule has 0 fully saturated rings. The number of hydrogen-bond donors (Lipinski definition) is 0. The molecule has 0 saturated heterocycles. The molecule has 1 aliphatic rings. The number of hydrogen-bond acceptors (Lipinski definition) is 4. The van der Waals surface area contributed by atoms with Gasteiger partial charge in [-0.25, -0.2) is 13.8 Å². The number of fused-ring (bicyclic) bond motifs is 1. The zero-order valence-corrected chi connectivity index (χ0v) is 16.0. The third kappa shape index (κ3) is 3.99. The Kier molecular flexibility index (Phi) is 5.29. The molecule has 0 spiro atoms. The van der Waals surface area contributed by atoms with Gasteiger partial charge in [-0.3, -0.25) is 4.79 Å². The first-order chi connectivity index (χ1) is 14.0. The molecule has 0 atom stereocenters. The van der Waals surface area contributed by atoms with Crippen molar-refractivity contribution in [2.75, 3.05) is 13.7 Å². The van der Waals surface area contributed by atoms with Gasteiger partial charge in [0.2, 0.25) is 0 Å². The minimum absolute atomic E-state index is 0.0250. The Morgan fingerprint density at radius 1 is 1.17 bits per heavy atom. The molecule has 0 aliphatic carbocycles. The molecule has 150 valence electrons. The Bertz CT molecular complexity index is 1010. The van der Waals surface area contributed by atoms with Gasteiger partial charge in [0.15, 0.2) is 5.89 Å². The lowest BCUT2D eigenvalue weighted by molar-refractivity contribution is 0.0718. The van der Waals surface area contributed by atoms with Crippen LogP contribution in [0.15, 0.2) is 46.9 Å². The molecule has 0 bridgehead atoms. The summed E-state index contributed by atoms with van der Waals surface area (Å²) in [6.45, 7) is 0.470. The molecular formula is C22H20F2N2O3. The number of carbonyl (C=O) groups is 1. The molecule has 0 N–H and O–H groups in total. The van der Waals surface area contributed by atoms with E-state index in [2.05, 4.69) is 4.98 Å². The third-order valence-electron chi connectivity index (χ3n) is 4.99. The average Bonchev–Trinajstić information content (AvgIpc) is 3.14. The van der Waals surface area contributed by atoms with Crippen molar-refractivity contribution in [2.24, 2.45) is 0 Å². The molecule has 2 heterocycles. The highest BCUT2D eigenvalue weighted by molar-refractivity contribution is 5.95. The summed E-state index contributed by atoms with van der Waals surface area (Å²) < 4.78 is 39.2. The molecular weight excluding hydrogens is 378 g/mol. The lowest BCUT2D eigenvalue weighted by Crippen LogP contribution is -2.36. The smallest absolute Gasteiger partial charge is 0.260 e. The minimum atomic E-state index is -0.943. The van der Waals surface area contributed by atoms with E-state index in [9.17, 15) is 13.6 Å². The number of carbonyl (C=O) groups excluding carboxylic acids is 1. The largest absolute Gasteiger partial charge is 0.497 e. The predicted octanol–water partition coefficient (Wildman–Crippen LogP) is 3.95. The summed E-state index contributed by atoms with van der Waals surface area (Å²) in [6.07, 6.45) is 1.90. The average molecular weight is 398 g/mol. The summed E-state index contributed by atoms with van der Waals surface area (Å²) in [4.78, 5) is 18.6. The zero-order valence-electron chi connectivity index (χ0n) is 16.0. The monoisotopic (exact) mass is 398 g/mol. The summed E-state index contributed by atoms with van der Waals surface area (Å²) in [5.41, 5.74) is 1.25. The molecule has 4 rings (SSSR count). The highest BCUT2D eigenvalue weighted by Crippen LogP contribution is 2.26. The second-order valence-corrected chi connectivity index (χ2v) is 6.91. The third-order valence-corrected chi connectivity index (χ3v) is 4.99. The lowest BCUT2D eigenvalue weighted by Gasteiger charge is -2.25. The number of amides is 1. The second kappa shape index (κ2) is 8.03. The quantitative estimate of drug-likeness (QED) is 0.653. The van der Waals surface area contributed by atoms with Crippen molar-refractivity contribution in [3.63, 3.8) is 0 Å². The van der Waals surface area contributed by atoms with E-state index in [1.807, 2.05) is 30.3 Å². The first-order valence-corrected chi connectivity index (χ1v) is 9.39. The Balaban J connectivity index is 1.47. The summed E-state index contributed by atoms with van der Waals surface area (Å²) in [6, 6.07) is 12.0. The number of rotatable bonds is 5. The van der Waals surface area contributed by atoms with Crippen LogP contribution in [0.1, 0.15) is 33.3 Å². The first kappa shape index (κ1) is 19.1. The Hall–Kier alpha value is -3.22. The number of aryl methyl sites for hydroxylation is 2. The molecule has 0 radical (unpaired) electrons. The van der Waals surface area contributed by atoms with E-state index in [0.717, 1.165) is 24.3 Å². The lowest BCUT2D eigenvalue weighted by atomic mass is 10.1. The van der Waals surface area contributed by atoms with Crippen LogP contribution in [0.4, 0.5) is 8.78 Å². The van der Waals surface area contributed by atoms with Gasteiger partial charge in [-0.15, -0.1) is 0 Å². The Morgan fingerprint density at radius 2 is 1.90 bits per heavy atom. The van der Waals surface area contributed by atoms with E-state index < -0.39 is 23.1 Å². The van der Waals surface area contributed by atoms with E-state index in [1.165, 1.54) is 17.6 Å². The van der Waals surface area contributed by atoms with E-state index in [0.29, 0.717) is 31.0 Å². The predicted molar refractivity (Wildman–Crippen MR) is 102 cm³/mol. The highest BCUT2D eigenvalue weighted by atomic mass is 19.1. The van der Waals surface area contributed by atoms with E-state index in [1.54, 1.807) is 0 Å². The van der Waals surface area contributed by atoms with Crippen LogP contribution in [0.25, 0.3) is 0 Å². The number of oxazole rings is 1. The van der Waals surface area contributed by atoms with Gasteiger partial charge in [-0.1, -0.05) is 30.3 Å². The van der Waals surface area contributed by atoms with Crippen LogP contribution in [0.5, 0.6) is 5.75 Å². The number of benzene rings is 2. The standard InChI is InChI=1S/C22H20F2N2O3/c1-28-15-11-16(23)21(17(24)12-15)22(27)26-10-9-19-18(13-26)25-20(29-19)8-7-14-5-3-2-4-6-14/h2-6,11-12H,7-10,13H2,1H3.